The van der Waals surface area contributed by atoms with Crippen molar-refractivity contribution in [2.24, 2.45) is 0 Å². The van der Waals surface area contributed by atoms with Crippen molar-refractivity contribution in [2.45, 2.75) is 55.1 Å². The fourth-order valence-electron chi connectivity index (χ4n) is 3.63. The highest BCUT2D eigenvalue weighted by Gasteiger charge is 2.60. The number of rotatable bonds is 3. The molecule has 0 N–H and O–H groups in total. The molecule has 5 nitrogen and oxygen atoms in total. The van der Waals surface area contributed by atoms with Gasteiger partial charge in [0.05, 0.1) is 6.61 Å². The number of hydrogen-bond donors (Lipinski definition) is 0. The molecule has 0 aromatic rings. The maximum absolute atomic E-state index is 12.8. The van der Waals surface area contributed by atoms with Crippen molar-refractivity contribution in [3.05, 3.63) is 0 Å². The number of thioether (sulfide) groups is 2. The molecule has 2 saturated heterocycles. The molecule has 1 aliphatic carbocycles. The molecule has 2 aliphatic heterocycles. The van der Waals surface area contributed by atoms with Gasteiger partial charge in [0.25, 0.3) is 0 Å². The Labute approximate surface area is 138 Å². The van der Waals surface area contributed by atoms with E-state index >= 15 is 0 Å². The summed E-state index contributed by atoms with van der Waals surface area (Å²) in [6.07, 6.45) is 3.82. The Morgan fingerprint density at radius 1 is 1.14 bits per heavy atom. The third kappa shape index (κ3) is 2.46. The molecule has 1 saturated carbocycles. The van der Waals surface area contributed by atoms with E-state index in [1.54, 1.807) is 30.4 Å². The fourth-order valence-corrected chi connectivity index (χ4v) is 6.46. The smallest absolute Gasteiger partial charge is 0.332 e. The first-order valence-electron chi connectivity index (χ1n) is 7.90. The van der Waals surface area contributed by atoms with Crippen molar-refractivity contribution in [1.82, 2.24) is 4.90 Å². The van der Waals surface area contributed by atoms with Crippen LogP contribution in [0.5, 0.6) is 0 Å². The summed E-state index contributed by atoms with van der Waals surface area (Å²) < 4.78 is 5.25. The van der Waals surface area contributed by atoms with Gasteiger partial charge in [0.1, 0.15) is 16.0 Å². The zero-order valence-electron chi connectivity index (χ0n) is 12.7. The predicted octanol–water partition coefficient (Wildman–Crippen LogP) is 1.84. The van der Waals surface area contributed by atoms with Gasteiger partial charge in [0.2, 0.25) is 11.8 Å². The summed E-state index contributed by atoms with van der Waals surface area (Å²) in [5.41, 5.74) is -1.05. The van der Waals surface area contributed by atoms with Gasteiger partial charge in [-0.05, 0) is 19.8 Å². The zero-order chi connectivity index (χ0) is 15.7. The maximum Gasteiger partial charge on any atom is 0.332 e. The van der Waals surface area contributed by atoms with Crippen LogP contribution in [0.3, 0.4) is 0 Å². The third-order valence-electron chi connectivity index (χ3n) is 4.64. The number of likely N-dealkylation sites (tertiary alicyclic amines) is 1. The molecule has 0 bridgehead atoms. The van der Waals surface area contributed by atoms with E-state index < -0.39 is 11.5 Å². The van der Waals surface area contributed by atoms with E-state index in [1.807, 2.05) is 0 Å². The van der Waals surface area contributed by atoms with Gasteiger partial charge in [0, 0.05) is 11.5 Å². The average molecular weight is 343 g/mol. The van der Waals surface area contributed by atoms with Gasteiger partial charge in [-0.15, -0.1) is 23.5 Å². The van der Waals surface area contributed by atoms with Crippen LogP contribution in [-0.2, 0) is 19.1 Å². The summed E-state index contributed by atoms with van der Waals surface area (Å²) in [6.45, 7) is 2.03. The van der Waals surface area contributed by atoms with Crippen molar-refractivity contribution in [1.29, 1.82) is 0 Å². The Morgan fingerprint density at radius 3 is 2.18 bits per heavy atom. The van der Waals surface area contributed by atoms with Crippen molar-refractivity contribution < 1.29 is 19.1 Å². The maximum atomic E-state index is 12.8. The second kappa shape index (κ2) is 6.43. The van der Waals surface area contributed by atoms with Crippen molar-refractivity contribution >= 4 is 41.3 Å². The summed E-state index contributed by atoms with van der Waals surface area (Å²) in [5, 5.41) is -0.640. The Kier molecular flexibility index (Phi) is 4.73. The Bertz CT molecular complexity index is 466. The SMILES string of the molecule is CCOC(=O)C1(N2C(=O)C3SCCSC3C2=O)CCCCC1. The minimum Gasteiger partial charge on any atom is -0.464 e. The monoisotopic (exact) mass is 343 g/mol. The molecule has 0 radical (unpaired) electrons. The Morgan fingerprint density at radius 2 is 1.68 bits per heavy atom. The molecule has 7 heteroatoms. The summed E-state index contributed by atoms with van der Waals surface area (Å²) in [4.78, 5) is 39.6. The summed E-state index contributed by atoms with van der Waals surface area (Å²) in [6, 6.07) is 0. The van der Waals surface area contributed by atoms with E-state index in [1.165, 1.54) is 4.90 Å². The lowest BCUT2D eigenvalue weighted by Crippen LogP contribution is -2.59. The molecule has 0 aromatic carbocycles. The summed E-state index contributed by atoms with van der Waals surface area (Å²) >= 11 is 3.10. The quantitative estimate of drug-likeness (QED) is 0.575. The van der Waals surface area contributed by atoms with Gasteiger partial charge in [0.15, 0.2) is 0 Å². The highest BCUT2D eigenvalue weighted by Crippen LogP contribution is 2.45. The molecule has 3 aliphatic rings. The molecule has 22 heavy (non-hydrogen) atoms. The molecule has 0 aromatic heterocycles. The van der Waals surface area contributed by atoms with Crippen LogP contribution in [0.15, 0.2) is 0 Å². The van der Waals surface area contributed by atoms with Crippen LogP contribution >= 0.6 is 23.5 Å². The topological polar surface area (TPSA) is 63.7 Å². The second-order valence-corrected chi connectivity index (χ2v) is 8.41. The highest BCUT2D eigenvalue weighted by atomic mass is 32.2. The van der Waals surface area contributed by atoms with Gasteiger partial charge in [-0.1, -0.05) is 19.3 Å². The van der Waals surface area contributed by atoms with E-state index in [0.717, 1.165) is 30.8 Å². The van der Waals surface area contributed by atoms with Gasteiger partial charge in [-0.2, -0.15) is 0 Å². The molecule has 2 amide bonds. The third-order valence-corrected chi connectivity index (χ3v) is 7.62. The molecule has 122 valence electrons. The largest absolute Gasteiger partial charge is 0.464 e. The lowest BCUT2D eigenvalue weighted by atomic mass is 9.80. The van der Waals surface area contributed by atoms with E-state index in [0.29, 0.717) is 12.8 Å². The van der Waals surface area contributed by atoms with Crippen LogP contribution in [0.25, 0.3) is 0 Å². The molecule has 2 heterocycles. The number of nitrogens with zero attached hydrogens (tertiary/aromatic N) is 1. The molecule has 2 atom stereocenters. The lowest BCUT2D eigenvalue weighted by Gasteiger charge is -2.40. The van der Waals surface area contributed by atoms with Gasteiger partial charge in [-0.25, -0.2) is 4.79 Å². The first-order valence-corrected chi connectivity index (χ1v) is 10.00. The van der Waals surface area contributed by atoms with E-state index in [9.17, 15) is 14.4 Å². The second-order valence-electron chi connectivity index (χ2n) is 5.91. The summed E-state index contributed by atoms with van der Waals surface area (Å²) in [5.74, 6) is 1.00. The van der Waals surface area contributed by atoms with E-state index in [2.05, 4.69) is 0 Å². The Balaban J connectivity index is 1.95. The number of amides is 2. The van der Waals surface area contributed by atoms with Crippen LogP contribution in [0.1, 0.15) is 39.0 Å². The number of ether oxygens (including phenoxy) is 1. The Hall–Kier alpha value is -0.690. The number of fused-ring (bicyclic) bond motifs is 1. The van der Waals surface area contributed by atoms with Crippen molar-refractivity contribution in [3.63, 3.8) is 0 Å². The molecular weight excluding hydrogens is 322 g/mol. The molecular formula is C15H21NO4S2. The predicted molar refractivity (Wildman–Crippen MR) is 86.8 cm³/mol. The number of esters is 1. The average Bonchev–Trinajstić information content (AvgIpc) is 2.80. The number of carbonyl (C=O) groups is 3. The van der Waals surface area contributed by atoms with Crippen LogP contribution in [0, 0.1) is 0 Å². The lowest BCUT2D eigenvalue weighted by molar-refractivity contribution is -0.169. The molecule has 3 rings (SSSR count). The van der Waals surface area contributed by atoms with Crippen LogP contribution in [0.4, 0.5) is 0 Å². The first-order chi connectivity index (χ1) is 10.6. The highest BCUT2D eigenvalue weighted by molar-refractivity contribution is 8.08. The number of carbonyl (C=O) groups excluding carboxylic acids is 3. The molecule has 2 unspecified atom stereocenters. The van der Waals surface area contributed by atoms with E-state index in [4.69, 9.17) is 4.74 Å². The number of hydrogen-bond acceptors (Lipinski definition) is 6. The molecule has 3 fully saturated rings. The first kappa shape index (κ1) is 16.2. The van der Waals surface area contributed by atoms with Gasteiger partial charge < -0.3 is 4.74 Å². The minimum absolute atomic E-state index is 0.179. The van der Waals surface area contributed by atoms with E-state index in [-0.39, 0.29) is 28.9 Å². The van der Waals surface area contributed by atoms with Gasteiger partial charge >= 0.3 is 5.97 Å². The fraction of sp³-hybridized carbons (Fsp3) is 0.800. The van der Waals surface area contributed by atoms with Crippen LogP contribution in [-0.4, -0.2) is 56.8 Å². The number of imide groups is 1. The minimum atomic E-state index is -1.05. The standard InChI is InChI=1S/C15H21NO4S2/c1-2-20-14(19)15(6-4-3-5-7-15)16-12(17)10-11(13(16)18)22-9-8-21-10/h10-11H,2-9H2,1H3. The molecule has 0 spiro atoms. The van der Waals surface area contributed by atoms with Gasteiger partial charge in [-0.3, -0.25) is 14.5 Å². The van der Waals surface area contributed by atoms with Crippen LogP contribution < -0.4 is 0 Å². The normalized spacial score (nSPS) is 31.0. The zero-order valence-corrected chi connectivity index (χ0v) is 14.3. The van der Waals surface area contributed by atoms with Crippen molar-refractivity contribution in [3.8, 4) is 0 Å². The van der Waals surface area contributed by atoms with Crippen LogP contribution in [0.2, 0.25) is 0 Å². The summed E-state index contributed by atoms with van der Waals surface area (Å²) in [7, 11) is 0. The van der Waals surface area contributed by atoms with Crippen molar-refractivity contribution in [2.75, 3.05) is 18.1 Å².